The van der Waals surface area contributed by atoms with Crippen LogP contribution >= 0.6 is 0 Å². The first-order valence-electron chi connectivity index (χ1n) is 14.6. The minimum Gasteiger partial charge on any atom is -0.256 e. The number of pyridine rings is 4. The molecular weight excluding hydrogens is 536 g/mol. The first kappa shape index (κ1) is 25.7. The van der Waals surface area contributed by atoms with Crippen LogP contribution in [0.25, 0.3) is 78.4 Å². The zero-order chi connectivity index (χ0) is 29.3. The van der Waals surface area contributed by atoms with Crippen LogP contribution in [0.4, 0.5) is 0 Å². The molecule has 0 N–H and O–H groups in total. The summed E-state index contributed by atoms with van der Waals surface area (Å²) >= 11 is 0. The van der Waals surface area contributed by atoms with Gasteiger partial charge in [0.25, 0.3) is 0 Å². The van der Waals surface area contributed by atoms with Crippen LogP contribution in [0, 0.1) is 0 Å². The van der Waals surface area contributed by atoms with Crippen LogP contribution in [0.2, 0.25) is 0 Å². The fourth-order valence-corrected chi connectivity index (χ4v) is 6.04. The minimum absolute atomic E-state index is 0.933. The van der Waals surface area contributed by atoms with Crippen molar-refractivity contribution in [1.82, 2.24) is 19.9 Å². The molecular formula is C40H26N4. The molecule has 0 fully saturated rings. The van der Waals surface area contributed by atoms with Crippen LogP contribution in [-0.2, 0) is 0 Å². The molecule has 0 amide bonds. The maximum atomic E-state index is 4.81. The van der Waals surface area contributed by atoms with E-state index in [0.717, 1.165) is 78.4 Å². The summed E-state index contributed by atoms with van der Waals surface area (Å²) < 4.78 is 0. The predicted molar refractivity (Wildman–Crippen MR) is 178 cm³/mol. The van der Waals surface area contributed by atoms with Crippen molar-refractivity contribution in [2.45, 2.75) is 0 Å². The van der Waals surface area contributed by atoms with E-state index >= 15 is 0 Å². The molecule has 0 aliphatic heterocycles. The molecule has 206 valence electrons. The molecule has 0 unspecified atom stereocenters. The molecule has 4 aromatic heterocycles. The summed E-state index contributed by atoms with van der Waals surface area (Å²) in [7, 11) is 0. The Morgan fingerprint density at radius 1 is 0.273 bits per heavy atom. The van der Waals surface area contributed by atoms with Gasteiger partial charge in [-0.2, -0.15) is 0 Å². The Kier molecular flexibility index (Phi) is 6.43. The Balaban J connectivity index is 1.44. The maximum Gasteiger partial charge on any atom is 0.0708 e. The highest BCUT2D eigenvalue weighted by Gasteiger charge is 2.27. The molecule has 4 aliphatic rings. The smallest absolute Gasteiger partial charge is 0.0708 e. The van der Waals surface area contributed by atoms with Gasteiger partial charge in [0.2, 0.25) is 0 Å². The van der Waals surface area contributed by atoms with E-state index in [0.29, 0.717) is 0 Å². The highest BCUT2D eigenvalue weighted by atomic mass is 14.7. The molecule has 0 spiro atoms. The molecule has 4 nitrogen and oxygen atoms in total. The Bertz CT molecular complexity index is 1990. The lowest BCUT2D eigenvalue weighted by molar-refractivity contribution is 1.33. The summed E-state index contributed by atoms with van der Waals surface area (Å²) in [5, 5.41) is 0. The third-order valence-electron chi connectivity index (χ3n) is 8.10. The SMILES string of the molecule is c1ccc(-c2ccc3cc(-c4ccccn4)c(-c4c5ccc(-c6ccccn6)ccc-5cc4-c4ccccn4)c-3cc2)nc1. The van der Waals surface area contributed by atoms with E-state index in [1.807, 2.05) is 85.5 Å². The lowest BCUT2D eigenvalue weighted by atomic mass is 9.93. The van der Waals surface area contributed by atoms with Crippen molar-refractivity contribution in [2.24, 2.45) is 0 Å². The highest BCUT2D eigenvalue weighted by molar-refractivity contribution is 6.09. The fourth-order valence-electron chi connectivity index (χ4n) is 6.04. The average Bonchev–Trinajstić information content (AvgIpc) is 3.45. The standard InChI is InChI=1S/C40H26N4/c1-5-21-41-35(9-1)27-13-15-29-25-33(37-11-3-7-23-43-37)39(31(29)19-17-27)40-32-20-18-28(36-10-2-6-22-42-36)14-16-30(32)26-34(40)38-12-4-8-24-44-38/h1-26H. The number of hydrogen-bond donors (Lipinski definition) is 0. The van der Waals surface area contributed by atoms with Crippen molar-refractivity contribution in [3.05, 3.63) is 158 Å². The van der Waals surface area contributed by atoms with Gasteiger partial charge >= 0.3 is 0 Å². The van der Waals surface area contributed by atoms with E-state index in [1.165, 1.54) is 0 Å². The second-order valence-electron chi connectivity index (χ2n) is 10.7. The molecule has 0 saturated carbocycles. The lowest BCUT2D eigenvalue weighted by Crippen LogP contribution is -1.88. The average molecular weight is 563 g/mol. The van der Waals surface area contributed by atoms with Gasteiger partial charge in [-0.05, 0) is 82.9 Å². The maximum absolute atomic E-state index is 4.81. The molecule has 0 saturated heterocycles. The molecule has 0 aromatic carbocycles. The molecule has 8 rings (SSSR count). The second-order valence-corrected chi connectivity index (χ2v) is 10.7. The molecule has 44 heavy (non-hydrogen) atoms. The van der Waals surface area contributed by atoms with Gasteiger partial charge in [-0.1, -0.05) is 72.8 Å². The summed E-state index contributed by atoms with van der Waals surface area (Å²) in [4.78, 5) is 18.8. The van der Waals surface area contributed by atoms with Gasteiger partial charge < -0.3 is 0 Å². The molecule has 0 radical (unpaired) electrons. The van der Waals surface area contributed by atoms with Crippen molar-refractivity contribution < 1.29 is 0 Å². The van der Waals surface area contributed by atoms with E-state index in [-0.39, 0.29) is 0 Å². The normalized spacial score (nSPS) is 11.2. The topological polar surface area (TPSA) is 51.6 Å². The van der Waals surface area contributed by atoms with Crippen LogP contribution in [-0.4, -0.2) is 19.9 Å². The summed E-state index contributed by atoms with van der Waals surface area (Å²) in [6, 6.07) is 46.2. The van der Waals surface area contributed by atoms with Gasteiger partial charge in [-0.3, -0.25) is 19.9 Å². The third kappa shape index (κ3) is 4.59. The molecule has 4 aliphatic carbocycles. The first-order chi connectivity index (χ1) is 21.8. The number of nitrogens with zero attached hydrogens (tertiary/aromatic N) is 4. The summed E-state index contributed by atoms with van der Waals surface area (Å²) in [5.74, 6) is 0. The minimum atomic E-state index is 0.933. The monoisotopic (exact) mass is 562 g/mol. The van der Waals surface area contributed by atoms with Gasteiger partial charge in [-0.25, -0.2) is 0 Å². The van der Waals surface area contributed by atoms with Crippen molar-refractivity contribution in [3.8, 4) is 78.4 Å². The fraction of sp³-hybridized carbons (Fsp3) is 0. The number of fused-ring (bicyclic) bond motifs is 2. The molecule has 4 heteroatoms. The summed E-state index contributed by atoms with van der Waals surface area (Å²) in [6.07, 6.45) is 7.39. The Morgan fingerprint density at radius 3 is 0.977 bits per heavy atom. The molecule has 0 bridgehead atoms. The van der Waals surface area contributed by atoms with E-state index in [9.17, 15) is 0 Å². The Morgan fingerprint density at radius 2 is 0.614 bits per heavy atom. The summed E-state index contributed by atoms with van der Waals surface area (Å²) in [5.41, 5.74) is 14.9. The number of hydrogen-bond acceptors (Lipinski definition) is 4. The van der Waals surface area contributed by atoms with E-state index in [4.69, 9.17) is 9.97 Å². The Hall–Kier alpha value is -6.00. The van der Waals surface area contributed by atoms with Crippen LogP contribution in [0.3, 0.4) is 0 Å². The van der Waals surface area contributed by atoms with Gasteiger partial charge in [0, 0.05) is 58.2 Å². The van der Waals surface area contributed by atoms with Gasteiger partial charge in [-0.15, -0.1) is 0 Å². The highest BCUT2D eigenvalue weighted by Crippen LogP contribution is 2.52. The number of aromatic nitrogens is 4. The van der Waals surface area contributed by atoms with E-state index < -0.39 is 0 Å². The van der Waals surface area contributed by atoms with Crippen LogP contribution in [0.5, 0.6) is 0 Å². The van der Waals surface area contributed by atoms with E-state index in [2.05, 4.69) is 82.8 Å². The van der Waals surface area contributed by atoms with E-state index in [1.54, 1.807) is 0 Å². The molecule has 4 aromatic rings. The van der Waals surface area contributed by atoms with Crippen molar-refractivity contribution in [3.63, 3.8) is 0 Å². The molecule has 0 atom stereocenters. The van der Waals surface area contributed by atoms with Gasteiger partial charge in [0.15, 0.2) is 0 Å². The largest absolute Gasteiger partial charge is 0.256 e. The van der Waals surface area contributed by atoms with Crippen molar-refractivity contribution in [2.75, 3.05) is 0 Å². The van der Waals surface area contributed by atoms with Crippen molar-refractivity contribution >= 4 is 0 Å². The summed E-state index contributed by atoms with van der Waals surface area (Å²) in [6.45, 7) is 0. The van der Waals surface area contributed by atoms with Crippen molar-refractivity contribution in [1.29, 1.82) is 0 Å². The Labute approximate surface area is 256 Å². The van der Waals surface area contributed by atoms with Crippen LogP contribution < -0.4 is 0 Å². The lowest BCUT2D eigenvalue weighted by Gasteiger charge is -2.11. The first-order valence-corrected chi connectivity index (χ1v) is 14.6. The zero-order valence-electron chi connectivity index (χ0n) is 23.8. The van der Waals surface area contributed by atoms with Crippen LogP contribution in [0.15, 0.2) is 158 Å². The third-order valence-corrected chi connectivity index (χ3v) is 8.10. The zero-order valence-corrected chi connectivity index (χ0v) is 23.8. The molecule has 4 heterocycles. The van der Waals surface area contributed by atoms with Gasteiger partial charge in [0.1, 0.15) is 0 Å². The number of rotatable bonds is 5. The second kappa shape index (κ2) is 11.0. The van der Waals surface area contributed by atoms with Crippen LogP contribution in [0.1, 0.15) is 0 Å². The quantitative estimate of drug-likeness (QED) is 0.209. The van der Waals surface area contributed by atoms with Gasteiger partial charge in [0.05, 0.1) is 22.8 Å². The predicted octanol–water partition coefficient (Wildman–Crippen LogP) is 9.81.